The van der Waals surface area contributed by atoms with Crippen molar-refractivity contribution >= 4 is 49.8 Å². The number of aryl methyl sites for hydroxylation is 1. The lowest BCUT2D eigenvalue weighted by Crippen LogP contribution is -2.13. The highest BCUT2D eigenvalue weighted by molar-refractivity contribution is 7.21. The third-order valence-corrected chi connectivity index (χ3v) is 6.92. The van der Waals surface area contributed by atoms with E-state index in [4.69, 9.17) is 4.74 Å². The summed E-state index contributed by atoms with van der Waals surface area (Å²) in [5.74, 6) is 0.236. The van der Waals surface area contributed by atoms with Gasteiger partial charge in [-0.3, -0.25) is 9.59 Å². The molecule has 0 bridgehead atoms. The second-order valence-electron chi connectivity index (χ2n) is 8.39. The van der Waals surface area contributed by atoms with Crippen molar-refractivity contribution in [3.05, 3.63) is 69.6 Å². The Bertz CT molecular complexity index is 1370. The molecule has 0 fully saturated rings. The van der Waals surface area contributed by atoms with E-state index in [1.807, 2.05) is 57.4 Å². The van der Waals surface area contributed by atoms with E-state index < -0.39 is 0 Å². The first-order valence-corrected chi connectivity index (χ1v) is 11.5. The van der Waals surface area contributed by atoms with E-state index in [9.17, 15) is 9.59 Å². The summed E-state index contributed by atoms with van der Waals surface area (Å²) in [7, 11) is 5.70. The number of aromatic nitrogens is 1. The minimum Gasteiger partial charge on any atom is -0.380 e. The lowest BCUT2D eigenvalue weighted by molar-refractivity contribution is 0.101. The maximum absolute atomic E-state index is 13.2. The number of hydrogen-bond acceptors (Lipinski definition) is 6. The molecule has 0 saturated carbocycles. The normalized spacial score (nSPS) is 11.1. The van der Waals surface area contributed by atoms with Gasteiger partial charge in [0.1, 0.15) is 5.82 Å². The molecule has 6 nitrogen and oxygen atoms in total. The number of carbonyl (C=O) groups is 2. The number of nitrogens with zero attached hydrogens (tertiary/aromatic N) is 2. The average molecular weight is 478 g/mol. The SMILES string of the molecule is C.COCc1ccc(C(C)=O)c2sc(C(=O)Nc3ccc4c(CN(C)C)cccc4n3)c(C)c12. The Morgan fingerprint density at radius 2 is 1.85 bits per heavy atom. The molecular formula is C27H31N3O3S. The maximum Gasteiger partial charge on any atom is 0.267 e. The van der Waals surface area contributed by atoms with Crippen LogP contribution < -0.4 is 5.32 Å². The number of carbonyl (C=O) groups excluding carboxylic acids is 2. The summed E-state index contributed by atoms with van der Waals surface area (Å²) in [4.78, 5) is 32.8. The third kappa shape index (κ3) is 4.87. The van der Waals surface area contributed by atoms with Gasteiger partial charge in [0.15, 0.2) is 5.78 Å². The highest BCUT2D eigenvalue weighted by atomic mass is 32.1. The predicted molar refractivity (Wildman–Crippen MR) is 141 cm³/mol. The minimum absolute atomic E-state index is 0. The van der Waals surface area contributed by atoms with Gasteiger partial charge in [0, 0.05) is 34.7 Å². The van der Waals surface area contributed by atoms with Crippen molar-refractivity contribution in [2.45, 2.75) is 34.4 Å². The van der Waals surface area contributed by atoms with Gasteiger partial charge in [-0.15, -0.1) is 11.3 Å². The molecule has 0 saturated heterocycles. The highest BCUT2D eigenvalue weighted by Crippen LogP contribution is 2.37. The van der Waals surface area contributed by atoms with Crippen LogP contribution in [-0.4, -0.2) is 42.8 Å². The molecule has 0 aliphatic rings. The van der Waals surface area contributed by atoms with E-state index in [1.54, 1.807) is 14.0 Å². The molecule has 0 atom stereocenters. The summed E-state index contributed by atoms with van der Waals surface area (Å²) in [5.41, 5.74) is 4.45. The van der Waals surface area contributed by atoms with Crippen molar-refractivity contribution in [1.29, 1.82) is 0 Å². The number of amides is 1. The summed E-state index contributed by atoms with van der Waals surface area (Å²) < 4.78 is 6.16. The van der Waals surface area contributed by atoms with E-state index in [0.29, 0.717) is 22.9 Å². The number of nitrogens with one attached hydrogen (secondary N) is 1. The van der Waals surface area contributed by atoms with Gasteiger partial charge in [-0.05, 0) is 68.9 Å². The fourth-order valence-electron chi connectivity index (χ4n) is 4.14. The molecule has 2 aromatic heterocycles. The summed E-state index contributed by atoms with van der Waals surface area (Å²) in [6.45, 7) is 4.68. The number of ketones is 1. The van der Waals surface area contributed by atoms with Crippen LogP contribution >= 0.6 is 11.3 Å². The number of Topliss-reactive ketones (excluding diaryl/α,β-unsaturated/α-hetero) is 1. The quantitative estimate of drug-likeness (QED) is 0.328. The minimum atomic E-state index is -0.233. The number of thiophene rings is 1. The summed E-state index contributed by atoms with van der Waals surface area (Å²) in [6.07, 6.45) is 0. The molecule has 0 aliphatic heterocycles. The first-order valence-electron chi connectivity index (χ1n) is 10.7. The number of anilines is 1. The zero-order valence-corrected chi connectivity index (χ0v) is 20.3. The fourth-order valence-corrected chi connectivity index (χ4v) is 5.45. The van der Waals surface area contributed by atoms with Gasteiger partial charge in [0.25, 0.3) is 5.91 Å². The zero-order valence-electron chi connectivity index (χ0n) is 19.5. The van der Waals surface area contributed by atoms with E-state index in [2.05, 4.69) is 21.3 Å². The standard InChI is InChI=1S/C26H27N3O3S.CH4/c1-15-23-18(14-32-5)9-10-19(16(2)30)25(23)33-24(15)26(31)28-22-12-11-20-17(13-29(3)4)7-6-8-21(20)27-22;/h6-12H,13-14H2,1-5H3,(H,27,28,31);1H4. The maximum atomic E-state index is 13.2. The zero-order chi connectivity index (χ0) is 23.7. The molecule has 2 aromatic carbocycles. The van der Waals surface area contributed by atoms with Crippen LogP contribution in [0.4, 0.5) is 5.82 Å². The van der Waals surface area contributed by atoms with Crippen LogP contribution in [0.1, 0.15) is 51.1 Å². The molecule has 2 heterocycles. The molecule has 4 rings (SSSR count). The van der Waals surface area contributed by atoms with Gasteiger partial charge in [0.2, 0.25) is 0 Å². The number of benzene rings is 2. The Hall–Kier alpha value is -3.13. The van der Waals surface area contributed by atoms with E-state index in [1.165, 1.54) is 16.9 Å². The molecule has 0 aliphatic carbocycles. The second kappa shape index (κ2) is 10.4. The van der Waals surface area contributed by atoms with Crippen molar-refractivity contribution in [2.75, 3.05) is 26.5 Å². The summed E-state index contributed by atoms with van der Waals surface area (Å²) >= 11 is 1.34. The molecule has 7 heteroatoms. The Balaban J connectivity index is 0.00000324. The number of hydrogen-bond donors (Lipinski definition) is 1. The lowest BCUT2D eigenvalue weighted by Gasteiger charge is -2.12. The molecule has 178 valence electrons. The summed E-state index contributed by atoms with van der Waals surface area (Å²) in [6, 6.07) is 13.6. The highest BCUT2D eigenvalue weighted by Gasteiger charge is 2.21. The number of methoxy groups -OCH3 is 1. The summed E-state index contributed by atoms with van der Waals surface area (Å²) in [5, 5.41) is 4.93. The Morgan fingerprint density at radius 1 is 1.09 bits per heavy atom. The molecule has 0 radical (unpaired) electrons. The third-order valence-electron chi connectivity index (χ3n) is 5.60. The molecule has 1 N–H and O–H groups in total. The second-order valence-corrected chi connectivity index (χ2v) is 9.41. The van der Waals surface area contributed by atoms with E-state index >= 15 is 0 Å². The van der Waals surface area contributed by atoms with Gasteiger partial charge in [-0.2, -0.15) is 0 Å². The van der Waals surface area contributed by atoms with E-state index in [0.717, 1.165) is 38.7 Å². The van der Waals surface area contributed by atoms with Crippen LogP contribution in [0, 0.1) is 6.92 Å². The smallest absolute Gasteiger partial charge is 0.267 e. The van der Waals surface area contributed by atoms with Crippen molar-refractivity contribution in [3.63, 3.8) is 0 Å². The fraction of sp³-hybridized carbons (Fsp3) is 0.296. The largest absolute Gasteiger partial charge is 0.380 e. The predicted octanol–water partition coefficient (Wildman–Crippen LogP) is 6.06. The van der Waals surface area contributed by atoms with Crippen molar-refractivity contribution < 1.29 is 14.3 Å². The molecular weight excluding hydrogens is 446 g/mol. The van der Waals surface area contributed by atoms with Crippen LogP contribution in [0.3, 0.4) is 0 Å². The van der Waals surface area contributed by atoms with Crippen LogP contribution in [0.5, 0.6) is 0 Å². The Labute approximate surface area is 204 Å². The first kappa shape index (κ1) is 25.5. The number of fused-ring (bicyclic) bond motifs is 2. The van der Waals surface area contributed by atoms with Gasteiger partial charge in [-0.25, -0.2) is 4.98 Å². The molecule has 0 spiro atoms. The first-order chi connectivity index (χ1) is 15.8. The molecule has 4 aromatic rings. The van der Waals surface area contributed by atoms with Gasteiger partial charge < -0.3 is 15.0 Å². The van der Waals surface area contributed by atoms with Crippen LogP contribution in [0.15, 0.2) is 42.5 Å². The van der Waals surface area contributed by atoms with Crippen molar-refractivity contribution in [1.82, 2.24) is 9.88 Å². The molecule has 34 heavy (non-hydrogen) atoms. The van der Waals surface area contributed by atoms with Crippen LogP contribution in [0.25, 0.3) is 21.0 Å². The monoisotopic (exact) mass is 477 g/mol. The topological polar surface area (TPSA) is 71.5 Å². The number of pyridine rings is 1. The number of ether oxygens (including phenoxy) is 1. The van der Waals surface area contributed by atoms with Gasteiger partial charge in [-0.1, -0.05) is 25.6 Å². The molecule has 0 unspecified atom stereocenters. The lowest BCUT2D eigenvalue weighted by atomic mass is 10.0. The van der Waals surface area contributed by atoms with Crippen LogP contribution in [0.2, 0.25) is 0 Å². The Kier molecular flexibility index (Phi) is 7.82. The molecule has 1 amide bonds. The van der Waals surface area contributed by atoms with Gasteiger partial charge in [0.05, 0.1) is 17.0 Å². The van der Waals surface area contributed by atoms with Crippen molar-refractivity contribution in [2.24, 2.45) is 0 Å². The van der Waals surface area contributed by atoms with Gasteiger partial charge >= 0.3 is 0 Å². The average Bonchev–Trinajstić information content (AvgIpc) is 3.11. The number of rotatable bonds is 7. The van der Waals surface area contributed by atoms with E-state index in [-0.39, 0.29) is 19.1 Å². The van der Waals surface area contributed by atoms with Crippen LogP contribution in [-0.2, 0) is 17.9 Å². The van der Waals surface area contributed by atoms with Crippen molar-refractivity contribution in [3.8, 4) is 0 Å². The Morgan fingerprint density at radius 3 is 2.53 bits per heavy atom.